The topological polar surface area (TPSA) is 32.3 Å². The van der Waals surface area contributed by atoms with Gasteiger partial charge in [0.25, 0.3) is 0 Å². The number of carbonyl (C=O) groups is 1. The number of nitrogens with zero attached hydrogens (tertiary/aromatic N) is 1. The second-order valence-corrected chi connectivity index (χ2v) is 5.80. The van der Waals surface area contributed by atoms with Gasteiger partial charge in [-0.15, -0.1) is 0 Å². The number of rotatable bonds is 3. The van der Waals surface area contributed by atoms with Gasteiger partial charge in [0.2, 0.25) is 5.91 Å². The summed E-state index contributed by atoms with van der Waals surface area (Å²) in [6.45, 7) is 9.33. The third-order valence-corrected chi connectivity index (χ3v) is 2.87. The van der Waals surface area contributed by atoms with Crippen molar-refractivity contribution >= 4 is 5.91 Å². The Hall–Kier alpha value is -0.570. The molecule has 3 heteroatoms. The molecule has 0 saturated carbocycles. The van der Waals surface area contributed by atoms with Crippen molar-refractivity contribution in [3.05, 3.63) is 0 Å². The number of nitrogens with one attached hydrogen (secondary N) is 1. The van der Waals surface area contributed by atoms with Gasteiger partial charge in [0.05, 0.1) is 0 Å². The Morgan fingerprint density at radius 1 is 1.12 bits per heavy atom. The normalized spacial score (nSPS) is 19.2. The zero-order valence-electron chi connectivity index (χ0n) is 11.0. The zero-order chi connectivity index (χ0) is 12.0. The van der Waals surface area contributed by atoms with Crippen molar-refractivity contribution in [2.45, 2.75) is 58.4 Å². The van der Waals surface area contributed by atoms with E-state index in [-0.39, 0.29) is 11.4 Å². The van der Waals surface area contributed by atoms with Gasteiger partial charge in [0.1, 0.15) is 0 Å². The molecule has 1 saturated heterocycles. The van der Waals surface area contributed by atoms with Crippen molar-refractivity contribution in [3.63, 3.8) is 0 Å². The number of carbonyl (C=O) groups excluding carboxylic acids is 1. The Bertz CT molecular complexity index is 212. The number of likely N-dealkylation sites (tertiary alicyclic amines) is 1. The van der Waals surface area contributed by atoms with Crippen molar-refractivity contribution in [3.8, 4) is 0 Å². The highest BCUT2D eigenvalue weighted by Gasteiger charge is 2.15. The van der Waals surface area contributed by atoms with E-state index in [2.05, 4.69) is 10.2 Å². The van der Waals surface area contributed by atoms with Crippen LogP contribution >= 0.6 is 0 Å². The van der Waals surface area contributed by atoms with Crippen molar-refractivity contribution in [1.82, 2.24) is 10.2 Å². The molecule has 0 atom stereocenters. The van der Waals surface area contributed by atoms with E-state index in [0.717, 1.165) is 6.54 Å². The minimum atomic E-state index is -0.101. The third-order valence-electron chi connectivity index (χ3n) is 2.87. The third kappa shape index (κ3) is 6.11. The molecule has 0 aliphatic carbocycles. The summed E-state index contributed by atoms with van der Waals surface area (Å²) in [6.07, 6.45) is 5.93. The summed E-state index contributed by atoms with van der Waals surface area (Å²) in [5, 5.41) is 3.01. The fraction of sp³-hybridized carbons (Fsp3) is 0.923. The first-order chi connectivity index (χ1) is 7.47. The van der Waals surface area contributed by atoms with Gasteiger partial charge in [0.15, 0.2) is 0 Å². The van der Waals surface area contributed by atoms with E-state index in [1.54, 1.807) is 0 Å². The molecule has 0 aromatic rings. The van der Waals surface area contributed by atoms with Crippen LogP contribution < -0.4 is 5.32 Å². The van der Waals surface area contributed by atoms with Crippen molar-refractivity contribution < 1.29 is 4.79 Å². The summed E-state index contributed by atoms with van der Waals surface area (Å²) in [6, 6.07) is 0. The minimum absolute atomic E-state index is 0.101. The van der Waals surface area contributed by atoms with Crippen LogP contribution in [-0.4, -0.2) is 36.0 Å². The van der Waals surface area contributed by atoms with E-state index < -0.39 is 0 Å². The van der Waals surface area contributed by atoms with Crippen LogP contribution in [0.3, 0.4) is 0 Å². The number of amides is 1. The van der Waals surface area contributed by atoms with Crippen LogP contribution in [0.5, 0.6) is 0 Å². The fourth-order valence-electron chi connectivity index (χ4n) is 2.10. The van der Waals surface area contributed by atoms with Gasteiger partial charge in [-0.2, -0.15) is 0 Å². The molecular weight excluding hydrogens is 200 g/mol. The van der Waals surface area contributed by atoms with Crippen LogP contribution in [0.2, 0.25) is 0 Å². The molecule has 1 amide bonds. The SMILES string of the molecule is CC(C)(C)NC(=O)CCN1CCCCCC1. The molecule has 1 heterocycles. The first-order valence-electron chi connectivity index (χ1n) is 6.51. The summed E-state index contributed by atoms with van der Waals surface area (Å²) in [7, 11) is 0. The largest absolute Gasteiger partial charge is 0.351 e. The molecule has 0 bridgehead atoms. The fourth-order valence-corrected chi connectivity index (χ4v) is 2.10. The van der Waals surface area contributed by atoms with Crippen LogP contribution in [0.4, 0.5) is 0 Å². The summed E-state index contributed by atoms with van der Waals surface area (Å²) < 4.78 is 0. The van der Waals surface area contributed by atoms with Crippen LogP contribution in [0.15, 0.2) is 0 Å². The monoisotopic (exact) mass is 226 g/mol. The molecule has 94 valence electrons. The lowest BCUT2D eigenvalue weighted by atomic mass is 10.1. The van der Waals surface area contributed by atoms with Crippen LogP contribution in [0.25, 0.3) is 0 Å². The molecule has 0 aromatic carbocycles. The maximum atomic E-state index is 11.6. The van der Waals surface area contributed by atoms with Crippen molar-refractivity contribution in [2.75, 3.05) is 19.6 Å². The summed E-state index contributed by atoms with van der Waals surface area (Å²) in [5.41, 5.74) is -0.101. The average molecular weight is 226 g/mol. The molecule has 0 aromatic heterocycles. The van der Waals surface area contributed by atoms with E-state index in [1.165, 1.54) is 38.8 Å². The molecule has 0 spiro atoms. The van der Waals surface area contributed by atoms with E-state index >= 15 is 0 Å². The average Bonchev–Trinajstić information content (AvgIpc) is 2.39. The summed E-state index contributed by atoms with van der Waals surface area (Å²) in [5.74, 6) is 0.178. The molecule has 0 unspecified atom stereocenters. The molecule has 1 fully saturated rings. The lowest BCUT2D eigenvalue weighted by molar-refractivity contribution is -0.122. The Kier molecular flexibility index (Phi) is 5.26. The van der Waals surface area contributed by atoms with Crippen LogP contribution in [0.1, 0.15) is 52.9 Å². The first kappa shape index (κ1) is 13.5. The lowest BCUT2D eigenvalue weighted by Crippen LogP contribution is -2.42. The van der Waals surface area contributed by atoms with Gasteiger partial charge < -0.3 is 10.2 Å². The predicted molar refractivity (Wildman–Crippen MR) is 67.4 cm³/mol. The van der Waals surface area contributed by atoms with Gasteiger partial charge in [-0.3, -0.25) is 4.79 Å². The second kappa shape index (κ2) is 6.24. The van der Waals surface area contributed by atoms with Crippen LogP contribution in [0, 0.1) is 0 Å². The second-order valence-electron chi connectivity index (χ2n) is 5.80. The summed E-state index contributed by atoms with van der Waals surface area (Å²) in [4.78, 5) is 14.1. The standard InChI is InChI=1S/C13H26N2O/c1-13(2,3)14-12(16)8-11-15-9-6-4-5-7-10-15/h4-11H2,1-3H3,(H,14,16). The predicted octanol–water partition coefficient (Wildman–Crippen LogP) is 2.17. The lowest BCUT2D eigenvalue weighted by Gasteiger charge is -2.23. The molecule has 1 aliphatic rings. The van der Waals surface area contributed by atoms with Crippen molar-refractivity contribution in [2.24, 2.45) is 0 Å². The molecule has 0 radical (unpaired) electrons. The Morgan fingerprint density at radius 3 is 2.19 bits per heavy atom. The smallest absolute Gasteiger partial charge is 0.221 e. The molecular formula is C13H26N2O. The minimum Gasteiger partial charge on any atom is -0.351 e. The van der Waals surface area contributed by atoms with Gasteiger partial charge in [-0.05, 0) is 46.7 Å². The quantitative estimate of drug-likeness (QED) is 0.800. The maximum Gasteiger partial charge on any atom is 0.221 e. The van der Waals surface area contributed by atoms with Gasteiger partial charge >= 0.3 is 0 Å². The Morgan fingerprint density at radius 2 is 1.69 bits per heavy atom. The molecule has 3 nitrogen and oxygen atoms in total. The zero-order valence-corrected chi connectivity index (χ0v) is 11.0. The van der Waals surface area contributed by atoms with E-state index in [9.17, 15) is 4.79 Å². The van der Waals surface area contributed by atoms with Gasteiger partial charge in [-0.1, -0.05) is 12.8 Å². The highest BCUT2D eigenvalue weighted by atomic mass is 16.1. The van der Waals surface area contributed by atoms with Gasteiger partial charge in [0, 0.05) is 18.5 Å². The highest BCUT2D eigenvalue weighted by molar-refractivity contribution is 5.76. The molecule has 1 rings (SSSR count). The Balaban J connectivity index is 2.20. The van der Waals surface area contributed by atoms with E-state index in [4.69, 9.17) is 0 Å². The van der Waals surface area contributed by atoms with Gasteiger partial charge in [-0.25, -0.2) is 0 Å². The molecule has 1 aliphatic heterocycles. The van der Waals surface area contributed by atoms with E-state index in [1.807, 2.05) is 20.8 Å². The molecule has 1 N–H and O–H groups in total. The van der Waals surface area contributed by atoms with Crippen LogP contribution in [-0.2, 0) is 4.79 Å². The maximum absolute atomic E-state index is 11.6. The number of hydrogen-bond donors (Lipinski definition) is 1. The number of hydrogen-bond acceptors (Lipinski definition) is 2. The molecule has 16 heavy (non-hydrogen) atoms. The first-order valence-corrected chi connectivity index (χ1v) is 6.51. The highest BCUT2D eigenvalue weighted by Crippen LogP contribution is 2.09. The summed E-state index contributed by atoms with van der Waals surface area (Å²) >= 11 is 0. The van der Waals surface area contributed by atoms with Crippen molar-refractivity contribution in [1.29, 1.82) is 0 Å². The van der Waals surface area contributed by atoms with E-state index in [0.29, 0.717) is 6.42 Å². The Labute approximate surface area is 99.6 Å².